The Bertz CT molecular complexity index is 479. The number of benzene rings is 1. The third-order valence-electron chi connectivity index (χ3n) is 3.16. The van der Waals surface area contributed by atoms with Crippen LogP contribution in [0.4, 0.5) is 5.69 Å². The van der Waals surface area contributed by atoms with E-state index in [1.54, 1.807) is 11.3 Å². The summed E-state index contributed by atoms with van der Waals surface area (Å²) in [5.74, 6) is 0. The molecule has 0 aliphatic rings. The molecule has 0 fully saturated rings. The lowest BCUT2D eigenvalue weighted by Gasteiger charge is -2.24. The van der Waals surface area contributed by atoms with Crippen LogP contribution in [0.3, 0.4) is 0 Å². The zero-order chi connectivity index (χ0) is 13.0. The minimum Gasteiger partial charge on any atom is -0.369 e. The lowest BCUT2D eigenvalue weighted by molar-refractivity contribution is 0.694. The largest absolute Gasteiger partial charge is 0.369 e. The van der Waals surface area contributed by atoms with Gasteiger partial charge in [-0.15, -0.1) is 11.3 Å². The van der Waals surface area contributed by atoms with Crippen LogP contribution >= 0.6 is 11.3 Å². The predicted octanol–water partition coefficient (Wildman–Crippen LogP) is 3.79. The Kier molecular flexibility index (Phi) is 4.39. The van der Waals surface area contributed by atoms with Crippen molar-refractivity contribution in [3.05, 3.63) is 52.2 Å². The Morgan fingerprint density at radius 3 is 2.67 bits per heavy atom. The first-order valence-electron chi connectivity index (χ1n) is 6.30. The molecule has 1 atom stereocenters. The molecule has 0 aliphatic heterocycles. The van der Waals surface area contributed by atoms with E-state index >= 15 is 0 Å². The van der Waals surface area contributed by atoms with E-state index in [1.807, 2.05) is 0 Å². The quantitative estimate of drug-likeness (QED) is 0.886. The first-order chi connectivity index (χ1) is 8.72. The third-order valence-corrected chi connectivity index (χ3v) is 4.02. The molecule has 2 rings (SSSR count). The number of thiophene rings is 1. The Hall–Kier alpha value is -1.32. The molecular formula is C15H20N2S. The van der Waals surface area contributed by atoms with E-state index in [-0.39, 0.29) is 6.04 Å². The molecule has 18 heavy (non-hydrogen) atoms. The molecule has 1 aromatic heterocycles. The summed E-state index contributed by atoms with van der Waals surface area (Å²) >= 11 is 1.79. The van der Waals surface area contributed by atoms with Gasteiger partial charge in [-0.2, -0.15) is 0 Å². The van der Waals surface area contributed by atoms with Gasteiger partial charge in [0.2, 0.25) is 0 Å². The summed E-state index contributed by atoms with van der Waals surface area (Å²) in [6, 6.07) is 12.8. The molecule has 0 saturated carbocycles. The predicted molar refractivity (Wildman–Crippen MR) is 80.1 cm³/mol. The van der Waals surface area contributed by atoms with E-state index in [9.17, 15) is 0 Å². The van der Waals surface area contributed by atoms with Crippen molar-refractivity contribution in [3.8, 4) is 0 Å². The highest BCUT2D eigenvalue weighted by Gasteiger charge is 2.12. The third kappa shape index (κ3) is 2.92. The van der Waals surface area contributed by atoms with E-state index in [0.29, 0.717) is 0 Å². The van der Waals surface area contributed by atoms with E-state index in [2.05, 4.69) is 60.6 Å². The summed E-state index contributed by atoms with van der Waals surface area (Å²) in [5.41, 5.74) is 8.65. The fourth-order valence-electron chi connectivity index (χ4n) is 2.09. The van der Waals surface area contributed by atoms with Gasteiger partial charge in [0.15, 0.2) is 0 Å². The average molecular weight is 260 g/mol. The molecule has 3 heteroatoms. The van der Waals surface area contributed by atoms with Crippen LogP contribution in [-0.4, -0.2) is 7.05 Å². The van der Waals surface area contributed by atoms with Crippen LogP contribution in [0.5, 0.6) is 0 Å². The molecule has 1 heterocycles. The molecule has 0 radical (unpaired) electrons. The van der Waals surface area contributed by atoms with E-state index in [0.717, 1.165) is 13.0 Å². The normalized spacial score (nSPS) is 12.4. The van der Waals surface area contributed by atoms with Crippen LogP contribution in [0.25, 0.3) is 0 Å². The number of nitrogens with two attached hydrogens (primary N) is 1. The molecular weight excluding hydrogens is 240 g/mol. The number of anilines is 1. The molecule has 0 spiro atoms. The maximum Gasteiger partial charge on any atom is 0.0519 e. The van der Waals surface area contributed by atoms with Gasteiger partial charge in [-0.05, 0) is 29.5 Å². The van der Waals surface area contributed by atoms with Crippen LogP contribution in [-0.2, 0) is 6.54 Å². The Morgan fingerprint density at radius 2 is 2.00 bits per heavy atom. The van der Waals surface area contributed by atoms with E-state index in [1.165, 1.54) is 16.1 Å². The number of hydrogen-bond acceptors (Lipinski definition) is 3. The second-order valence-corrected chi connectivity index (χ2v) is 5.54. The summed E-state index contributed by atoms with van der Waals surface area (Å²) in [5, 5.41) is 2.12. The number of para-hydroxylation sites is 1. The van der Waals surface area contributed by atoms with Crippen LogP contribution in [0.2, 0.25) is 0 Å². The van der Waals surface area contributed by atoms with Gasteiger partial charge < -0.3 is 10.6 Å². The minimum absolute atomic E-state index is 0.118. The number of hydrogen-bond donors (Lipinski definition) is 1. The van der Waals surface area contributed by atoms with Gasteiger partial charge in [0.05, 0.1) is 6.54 Å². The zero-order valence-electron chi connectivity index (χ0n) is 11.0. The fraction of sp³-hybridized carbons (Fsp3) is 0.333. The molecule has 0 saturated heterocycles. The van der Waals surface area contributed by atoms with Crippen molar-refractivity contribution in [2.24, 2.45) is 5.73 Å². The number of rotatable bonds is 5. The van der Waals surface area contributed by atoms with Crippen molar-refractivity contribution in [1.29, 1.82) is 0 Å². The zero-order valence-corrected chi connectivity index (χ0v) is 11.8. The molecule has 1 aromatic carbocycles. The highest BCUT2D eigenvalue weighted by atomic mass is 32.1. The molecule has 2 N–H and O–H groups in total. The van der Waals surface area contributed by atoms with Crippen LogP contribution in [0, 0.1) is 0 Å². The topological polar surface area (TPSA) is 29.3 Å². The van der Waals surface area contributed by atoms with Crippen molar-refractivity contribution in [3.63, 3.8) is 0 Å². The molecule has 2 aromatic rings. The molecule has 0 aliphatic carbocycles. The SMILES string of the molecule is CC[C@@H](N)c1ccccc1N(C)Cc1cccs1. The van der Waals surface area contributed by atoms with Crippen molar-refractivity contribution in [1.82, 2.24) is 0 Å². The maximum absolute atomic E-state index is 6.18. The van der Waals surface area contributed by atoms with Gasteiger partial charge in [0.25, 0.3) is 0 Å². The van der Waals surface area contributed by atoms with Crippen molar-refractivity contribution >= 4 is 17.0 Å². The van der Waals surface area contributed by atoms with Crippen molar-refractivity contribution < 1.29 is 0 Å². The van der Waals surface area contributed by atoms with Gasteiger partial charge in [-0.1, -0.05) is 31.2 Å². The molecule has 0 bridgehead atoms. The molecule has 96 valence electrons. The average Bonchev–Trinajstić information content (AvgIpc) is 2.90. The second-order valence-electron chi connectivity index (χ2n) is 4.51. The minimum atomic E-state index is 0.118. The summed E-state index contributed by atoms with van der Waals surface area (Å²) in [6.45, 7) is 3.06. The summed E-state index contributed by atoms with van der Waals surface area (Å²) in [4.78, 5) is 3.65. The smallest absolute Gasteiger partial charge is 0.0519 e. The second kappa shape index (κ2) is 6.03. The highest BCUT2D eigenvalue weighted by Crippen LogP contribution is 2.27. The lowest BCUT2D eigenvalue weighted by atomic mass is 10.0. The molecule has 2 nitrogen and oxygen atoms in total. The van der Waals surface area contributed by atoms with Crippen LogP contribution in [0.1, 0.15) is 29.8 Å². The maximum atomic E-state index is 6.18. The highest BCUT2D eigenvalue weighted by molar-refractivity contribution is 7.09. The number of nitrogens with zero attached hydrogens (tertiary/aromatic N) is 1. The lowest BCUT2D eigenvalue weighted by Crippen LogP contribution is -2.20. The van der Waals surface area contributed by atoms with Crippen molar-refractivity contribution in [2.75, 3.05) is 11.9 Å². The van der Waals surface area contributed by atoms with E-state index in [4.69, 9.17) is 5.73 Å². The summed E-state index contributed by atoms with van der Waals surface area (Å²) in [7, 11) is 2.13. The fourth-order valence-corrected chi connectivity index (χ4v) is 2.85. The van der Waals surface area contributed by atoms with Gasteiger partial charge in [-0.3, -0.25) is 0 Å². The van der Waals surface area contributed by atoms with Crippen molar-refractivity contribution in [2.45, 2.75) is 25.9 Å². The van der Waals surface area contributed by atoms with Gasteiger partial charge in [-0.25, -0.2) is 0 Å². The van der Waals surface area contributed by atoms with Gasteiger partial charge in [0.1, 0.15) is 0 Å². The summed E-state index contributed by atoms with van der Waals surface area (Å²) < 4.78 is 0. The standard InChI is InChI=1S/C15H20N2S/c1-3-14(16)13-8-4-5-9-15(13)17(2)11-12-7-6-10-18-12/h4-10,14H,3,11,16H2,1-2H3/t14-/m1/s1. The first kappa shape index (κ1) is 13.1. The summed E-state index contributed by atoms with van der Waals surface area (Å²) in [6.07, 6.45) is 0.962. The van der Waals surface area contributed by atoms with Gasteiger partial charge >= 0.3 is 0 Å². The molecule has 0 amide bonds. The Morgan fingerprint density at radius 1 is 1.22 bits per heavy atom. The first-order valence-corrected chi connectivity index (χ1v) is 7.18. The Labute approximate surface area is 113 Å². The van der Waals surface area contributed by atoms with E-state index < -0.39 is 0 Å². The monoisotopic (exact) mass is 260 g/mol. The Balaban J connectivity index is 2.21. The van der Waals surface area contributed by atoms with Crippen LogP contribution in [0.15, 0.2) is 41.8 Å². The van der Waals surface area contributed by atoms with Crippen LogP contribution < -0.4 is 10.6 Å². The van der Waals surface area contributed by atoms with Gasteiger partial charge in [0, 0.05) is 23.7 Å². The molecule has 0 unspecified atom stereocenters.